The summed E-state index contributed by atoms with van der Waals surface area (Å²) in [6.07, 6.45) is -0.566. The topological polar surface area (TPSA) is 103 Å². The van der Waals surface area contributed by atoms with Gasteiger partial charge in [-0.2, -0.15) is 0 Å². The summed E-state index contributed by atoms with van der Waals surface area (Å²) in [5.41, 5.74) is 1.94. The average molecular weight is 353 g/mol. The molecule has 26 heavy (non-hydrogen) atoms. The van der Waals surface area contributed by atoms with E-state index < -0.39 is 17.8 Å². The minimum atomic E-state index is -0.596. The summed E-state index contributed by atoms with van der Waals surface area (Å²) in [5, 5.41) is 5.42. The zero-order valence-corrected chi connectivity index (χ0v) is 13.8. The van der Waals surface area contributed by atoms with E-state index in [1.807, 2.05) is 0 Å². The molecule has 0 radical (unpaired) electrons. The van der Waals surface area contributed by atoms with Gasteiger partial charge in [-0.1, -0.05) is 12.1 Å². The number of amides is 2. The number of aromatic nitrogens is 1. The number of rotatable bonds is 3. The number of oxazole rings is 1. The zero-order valence-electron chi connectivity index (χ0n) is 13.8. The highest BCUT2D eigenvalue weighted by Crippen LogP contribution is 2.32. The highest BCUT2D eigenvalue weighted by atomic mass is 16.5. The molecule has 2 amide bonds. The molecule has 0 fully saturated rings. The zero-order chi connectivity index (χ0) is 18.3. The van der Waals surface area contributed by atoms with Gasteiger partial charge in [0.1, 0.15) is 12.3 Å². The third-order valence-corrected chi connectivity index (χ3v) is 4.07. The van der Waals surface area contributed by atoms with E-state index >= 15 is 0 Å². The quantitative estimate of drug-likeness (QED) is 0.749. The summed E-state index contributed by atoms with van der Waals surface area (Å²) in [7, 11) is 0. The number of benzene rings is 2. The Morgan fingerprint density at radius 1 is 1.23 bits per heavy atom. The van der Waals surface area contributed by atoms with Crippen LogP contribution in [-0.4, -0.2) is 22.5 Å². The first kappa shape index (κ1) is 15.9. The van der Waals surface area contributed by atoms with Gasteiger partial charge in [0.15, 0.2) is 11.7 Å². The van der Waals surface area contributed by atoms with Crippen LogP contribution in [0.15, 0.2) is 51.7 Å². The van der Waals surface area contributed by atoms with Gasteiger partial charge in [0.2, 0.25) is 5.91 Å². The standard InChI is InChI=1S/C18H15N3O5/c1-10-17(23)20-12-8-11(6-7-14(12)25-10)19-16(22)9-21-13-4-2-3-5-15(13)26-18(21)24/h2-8,10H,9H2,1H3,(H,19,22)(H,20,23). The summed E-state index contributed by atoms with van der Waals surface area (Å²) in [6, 6.07) is 11.8. The van der Waals surface area contributed by atoms with Gasteiger partial charge in [0.05, 0.1) is 11.2 Å². The van der Waals surface area contributed by atoms with Crippen LogP contribution in [0.25, 0.3) is 11.1 Å². The van der Waals surface area contributed by atoms with Crippen LogP contribution in [0.2, 0.25) is 0 Å². The van der Waals surface area contributed by atoms with Gasteiger partial charge in [-0.15, -0.1) is 0 Å². The normalized spacial score (nSPS) is 15.9. The van der Waals surface area contributed by atoms with Gasteiger partial charge in [0, 0.05) is 5.69 Å². The van der Waals surface area contributed by atoms with Crippen LogP contribution in [0.1, 0.15) is 6.92 Å². The van der Waals surface area contributed by atoms with Gasteiger partial charge in [-0.25, -0.2) is 4.79 Å². The first-order valence-corrected chi connectivity index (χ1v) is 8.01. The molecule has 2 heterocycles. The predicted octanol–water partition coefficient (Wildman–Crippen LogP) is 1.95. The highest BCUT2D eigenvalue weighted by Gasteiger charge is 2.23. The van der Waals surface area contributed by atoms with E-state index in [1.165, 1.54) is 4.57 Å². The molecule has 4 rings (SSSR count). The Labute approximate surface area is 147 Å². The Balaban J connectivity index is 1.54. The van der Waals surface area contributed by atoms with Gasteiger partial charge >= 0.3 is 5.76 Å². The van der Waals surface area contributed by atoms with Crippen LogP contribution in [0.4, 0.5) is 11.4 Å². The molecule has 0 saturated carbocycles. The maximum Gasteiger partial charge on any atom is 0.420 e. The number of para-hydroxylation sites is 2. The number of nitrogens with one attached hydrogen (secondary N) is 2. The number of hydrogen-bond donors (Lipinski definition) is 2. The number of carbonyl (C=O) groups is 2. The number of carbonyl (C=O) groups excluding carboxylic acids is 2. The Kier molecular flexibility index (Phi) is 3.72. The molecule has 1 aliphatic rings. The third kappa shape index (κ3) is 2.81. The molecule has 1 unspecified atom stereocenters. The fourth-order valence-corrected chi connectivity index (χ4v) is 2.79. The highest BCUT2D eigenvalue weighted by molar-refractivity contribution is 5.99. The largest absolute Gasteiger partial charge is 0.479 e. The molecule has 8 nitrogen and oxygen atoms in total. The van der Waals surface area contributed by atoms with E-state index in [9.17, 15) is 14.4 Å². The van der Waals surface area contributed by atoms with Crippen molar-refractivity contribution in [2.24, 2.45) is 0 Å². The molecule has 3 aromatic rings. The van der Waals surface area contributed by atoms with Crippen molar-refractivity contribution in [3.63, 3.8) is 0 Å². The second kappa shape index (κ2) is 6.07. The minimum Gasteiger partial charge on any atom is -0.479 e. The van der Waals surface area contributed by atoms with Gasteiger partial charge in [-0.3, -0.25) is 14.2 Å². The van der Waals surface area contributed by atoms with Gasteiger partial charge < -0.3 is 19.8 Å². The van der Waals surface area contributed by atoms with Crippen molar-refractivity contribution in [2.45, 2.75) is 19.6 Å². The Bertz CT molecular complexity index is 1080. The molecule has 2 N–H and O–H groups in total. The van der Waals surface area contributed by atoms with Crippen molar-refractivity contribution in [1.29, 1.82) is 0 Å². The smallest absolute Gasteiger partial charge is 0.420 e. The fourth-order valence-electron chi connectivity index (χ4n) is 2.79. The van der Waals surface area contributed by atoms with Crippen LogP contribution in [-0.2, 0) is 16.1 Å². The molecule has 0 spiro atoms. The molecular weight excluding hydrogens is 338 g/mol. The lowest BCUT2D eigenvalue weighted by atomic mass is 10.2. The first-order chi connectivity index (χ1) is 12.5. The summed E-state index contributed by atoms with van der Waals surface area (Å²) in [6.45, 7) is 1.47. The van der Waals surface area contributed by atoms with Crippen LogP contribution >= 0.6 is 0 Å². The first-order valence-electron chi connectivity index (χ1n) is 8.01. The summed E-state index contributed by atoms with van der Waals surface area (Å²) in [5.74, 6) is -0.707. The van der Waals surface area contributed by atoms with E-state index in [-0.39, 0.29) is 12.5 Å². The lowest BCUT2D eigenvalue weighted by Gasteiger charge is -2.23. The molecule has 0 saturated heterocycles. The lowest BCUT2D eigenvalue weighted by Crippen LogP contribution is -2.34. The Hall–Kier alpha value is -3.55. The van der Waals surface area contributed by atoms with E-state index in [0.717, 1.165) is 0 Å². The second-order valence-electron chi connectivity index (χ2n) is 5.93. The molecule has 132 valence electrons. The van der Waals surface area contributed by atoms with Crippen LogP contribution in [0, 0.1) is 0 Å². The number of nitrogens with zero attached hydrogens (tertiary/aromatic N) is 1. The maximum atomic E-state index is 12.3. The Morgan fingerprint density at radius 3 is 2.88 bits per heavy atom. The molecule has 0 bridgehead atoms. The molecule has 2 aromatic carbocycles. The Morgan fingerprint density at radius 2 is 2.04 bits per heavy atom. The van der Waals surface area contributed by atoms with Crippen molar-refractivity contribution in [3.05, 3.63) is 53.0 Å². The van der Waals surface area contributed by atoms with Crippen molar-refractivity contribution in [1.82, 2.24) is 4.57 Å². The minimum absolute atomic E-state index is 0.188. The molecule has 1 aromatic heterocycles. The average Bonchev–Trinajstić information content (AvgIpc) is 2.92. The SMILES string of the molecule is CC1Oc2ccc(NC(=O)Cn3c(=O)oc4ccccc43)cc2NC1=O. The van der Waals surface area contributed by atoms with E-state index in [0.29, 0.717) is 28.2 Å². The molecule has 1 aliphatic heterocycles. The van der Waals surface area contributed by atoms with Crippen LogP contribution < -0.4 is 21.1 Å². The van der Waals surface area contributed by atoms with Gasteiger partial charge in [-0.05, 0) is 37.3 Å². The second-order valence-corrected chi connectivity index (χ2v) is 5.93. The number of hydrogen-bond acceptors (Lipinski definition) is 5. The van der Waals surface area contributed by atoms with Crippen LogP contribution in [0.3, 0.4) is 0 Å². The summed E-state index contributed by atoms with van der Waals surface area (Å²) >= 11 is 0. The summed E-state index contributed by atoms with van der Waals surface area (Å²) < 4.78 is 11.8. The molecule has 8 heteroatoms. The van der Waals surface area contributed by atoms with Crippen molar-refractivity contribution < 1.29 is 18.7 Å². The van der Waals surface area contributed by atoms with Gasteiger partial charge in [0.25, 0.3) is 5.91 Å². The van der Waals surface area contributed by atoms with E-state index in [4.69, 9.17) is 9.15 Å². The lowest BCUT2D eigenvalue weighted by molar-refractivity contribution is -0.122. The van der Waals surface area contributed by atoms with Crippen molar-refractivity contribution in [2.75, 3.05) is 10.6 Å². The summed E-state index contributed by atoms with van der Waals surface area (Å²) in [4.78, 5) is 36.0. The van der Waals surface area contributed by atoms with E-state index in [1.54, 1.807) is 49.4 Å². The monoisotopic (exact) mass is 353 g/mol. The predicted molar refractivity (Wildman–Crippen MR) is 94.3 cm³/mol. The van der Waals surface area contributed by atoms with Crippen molar-refractivity contribution in [3.8, 4) is 5.75 Å². The maximum absolute atomic E-state index is 12.3. The molecular formula is C18H15N3O5. The fraction of sp³-hybridized carbons (Fsp3) is 0.167. The van der Waals surface area contributed by atoms with Crippen LogP contribution in [0.5, 0.6) is 5.75 Å². The number of anilines is 2. The number of fused-ring (bicyclic) bond motifs is 2. The van der Waals surface area contributed by atoms with E-state index in [2.05, 4.69) is 10.6 Å². The molecule has 0 aliphatic carbocycles. The van der Waals surface area contributed by atoms with Crippen molar-refractivity contribution >= 4 is 34.3 Å². The third-order valence-electron chi connectivity index (χ3n) is 4.07. The number of ether oxygens (including phenoxy) is 1. The molecule has 1 atom stereocenters.